The molecule has 1 aliphatic heterocycles. The Morgan fingerprint density at radius 1 is 1.03 bits per heavy atom. The Morgan fingerprint density at radius 3 is 2.26 bits per heavy atom. The van der Waals surface area contributed by atoms with Crippen molar-refractivity contribution in [3.8, 4) is 0 Å². The second-order valence-corrected chi connectivity index (χ2v) is 9.22. The van der Waals surface area contributed by atoms with E-state index >= 15 is 0 Å². The molecule has 0 atom stereocenters. The quantitative estimate of drug-likeness (QED) is 0.726. The minimum absolute atomic E-state index is 0.0878. The summed E-state index contributed by atoms with van der Waals surface area (Å²) in [6.45, 7) is 5.04. The molecule has 31 heavy (non-hydrogen) atoms. The van der Waals surface area contributed by atoms with E-state index in [1.165, 1.54) is 28.6 Å². The number of nitrogens with one attached hydrogen (secondary N) is 1. The summed E-state index contributed by atoms with van der Waals surface area (Å²) in [4.78, 5) is 14.6. The lowest BCUT2D eigenvalue weighted by atomic mass is 10.1. The molecule has 1 N–H and O–H groups in total. The molecule has 1 heterocycles. The molecule has 1 saturated heterocycles. The largest absolute Gasteiger partial charge is 0.416 e. The molecule has 0 radical (unpaired) electrons. The Balaban J connectivity index is 1.65. The number of carbonyl (C=O) groups excluding carboxylic acids is 1. The first kappa shape index (κ1) is 23.2. The summed E-state index contributed by atoms with van der Waals surface area (Å²) in [6.07, 6.45) is -4.57. The van der Waals surface area contributed by atoms with E-state index in [9.17, 15) is 26.4 Å². The van der Waals surface area contributed by atoms with Crippen molar-refractivity contribution in [2.24, 2.45) is 0 Å². The lowest BCUT2D eigenvalue weighted by Crippen LogP contribution is -2.48. The van der Waals surface area contributed by atoms with Gasteiger partial charge in [0.15, 0.2) is 0 Å². The summed E-state index contributed by atoms with van der Waals surface area (Å²) in [5, 5.41) is 2.61. The maximum Gasteiger partial charge on any atom is 0.416 e. The van der Waals surface area contributed by atoms with Crippen LogP contribution in [0.15, 0.2) is 53.4 Å². The third-order valence-corrected chi connectivity index (χ3v) is 7.07. The van der Waals surface area contributed by atoms with Crippen LogP contribution in [0, 0.1) is 0 Å². The van der Waals surface area contributed by atoms with Crippen LogP contribution in [0.5, 0.6) is 0 Å². The zero-order chi connectivity index (χ0) is 22.6. The number of benzene rings is 2. The van der Waals surface area contributed by atoms with Gasteiger partial charge in [-0.3, -0.25) is 4.79 Å². The highest BCUT2D eigenvalue weighted by molar-refractivity contribution is 7.89. The molecular weight excluding hydrogens is 431 g/mol. The van der Waals surface area contributed by atoms with E-state index < -0.39 is 27.7 Å². The predicted octanol–water partition coefficient (Wildman–Crippen LogP) is 3.21. The lowest BCUT2D eigenvalue weighted by molar-refractivity contribution is -0.137. The van der Waals surface area contributed by atoms with E-state index in [-0.39, 0.29) is 11.3 Å². The second-order valence-electron chi connectivity index (χ2n) is 7.29. The van der Waals surface area contributed by atoms with Crippen LogP contribution in [0.25, 0.3) is 0 Å². The predicted molar refractivity (Wildman–Crippen MR) is 111 cm³/mol. The van der Waals surface area contributed by atoms with Crippen molar-refractivity contribution in [1.29, 1.82) is 0 Å². The molecule has 168 valence electrons. The highest BCUT2D eigenvalue weighted by Gasteiger charge is 2.30. The minimum Gasteiger partial charge on any atom is -0.326 e. The van der Waals surface area contributed by atoms with Gasteiger partial charge in [-0.25, -0.2) is 8.42 Å². The fraction of sp³-hybridized carbons (Fsp3) is 0.381. The highest BCUT2D eigenvalue weighted by atomic mass is 32.2. The summed E-state index contributed by atoms with van der Waals surface area (Å²) >= 11 is 0. The van der Waals surface area contributed by atoms with Gasteiger partial charge in [0.2, 0.25) is 15.9 Å². The van der Waals surface area contributed by atoms with Crippen molar-refractivity contribution >= 4 is 21.6 Å². The van der Waals surface area contributed by atoms with Crippen molar-refractivity contribution in [2.75, 3.05) is 38.0 Å². The Kier molecular flexibility index (Phi) is 7.03. The molecule has 1 amide bonds. The number of halogens is 3. The van der Waals surface area contributed by atoms with Crippen LogP contribution in [0.4, 0.5) is 18.9 Å². The number of piperazine rings is 1. The van der Waals surface area contributed by atoms with Crippen LogP contribution in [0.1, 0.15) is 18.1 Å². The van der Waals surface area contributed by atoms with Crippen molar-refractivity contribution in [3.05, 3.63) is 59.7 Å². The van der Waals surface area contributed by atoms with Crippen molar-refractivity contribution in [2.45, 2.75) is 24.4 Å². The van der Waals surface area contributed by atoms with E-state index in [0.29, 0.717) is 37.4 Å². The minimum atomic E-state index is -4.43. The molecule has 1 fully saturated rings. The Hall–Kier alpha value is -2.43. The number of hydrogen-bond acceptors (Lipinski definition) is 4. The van der Waals surface area contributed by atoms with Crippen molar-refractivity contribution in [1.82, 2.24) is 9.21 Å². The van der Waals surface area contributed by atoms with Gasteiger partial charge in [0.05, 0.1) is 16.9 Å². The summed E-state index contributed by atoms with van der Waals surface area (Å²) in [5.41, 5.74) is -0.0532. The van der Waals surface area contributed by atoms with Crippen LogP contribution >= 0.6 is 0 Å². The van der Waals surface area contributed by atoms with Gasteiger partial charge in [-0.15, -0.1) is 0 Å². The summed E-state index contributed by atoms with van der Waals surface area (Å²) in [5.74, 6) is -0.453. The second kappa shape index (κ2) is 9.37. The van der Waals surface area contributed by atoms with E-state index in [2.05, 4.69) is 10.2 Å². The maximum absolute atomic E-state index is 12.9. The number of alkyl halides is 3. The number of sulfonamides is 1. The lowest BCUT2D eigenvalue weighted by Gasteiger charge is -2.33. The van der Waals surface area contributed by atoms with Gasteiger partial charge >= 0.3 is 6.18 Å². The standard InChI is InChI=1S/C21H24F3N3O3S/c1-2-26-10-12-27(13-11-26)31(29,30)19-5-3-4-18(15-19)25-20(28)14-16-6-8-17(9-7-16)21(22,23)24/h3-9,15H,2,10-14H2,1H3,(H,25,28). The molecule has 1 aliphatic rings. The van der Waals surface area contributed by atoms with E-state index in [4.69, 9.17) is 0 Å². The van der Waals surface area contributed by atoms with Gasteiger partial charge in [0.25, 0.3) is 0 Å². The van der Waals surface area contributed by atoms with Gasteiger partial charge < -0.3 is 10.2 Å². The van der Waals surface area contributed by atoms with Gasteiger partial charge in [0, 0.05) is 31.9 Å². The molecule has 0 aliphatic carbocycles. The molecule has 2 aromatic rings. The van der Waals surface area contributed by atoms with Crippen LogP contribution in [0.2, 0.25) is 0 Å². The topological polar surface area (TPSA) is 69.7 Å². The first-order chi connectivity index (χ1) is 14.6. The Bertz CT molecular complexity index is 1020. The molecule has 0 bridgehead atoms. The van der Waals surface area contributed by atoms with E-state index in [1.54, 1.807) is 12.1 Å². The maximum atomic E-state index is 12.9. The number of hydrogen-bond donors (Lipinski definition) is 1. The molecule has 0 saturated carbocycles. The number of rotatable bonds is 6. The fourth-order valence-corrected chi connectivity index (χ4v) is 4.84. The molecule has 0 unspecified atom stereocenters. The fourth-order valence-electron chi connectivity index (χ4n) is 3.37. The first-order valence-electron chi connectivity index (χ1n) is 9.88. The van der Waals surface area contributed by atoms with Gasteiger partial charge in [-0.1, -0.05) is 25.1 Å². The number of carbonyl (C=O) groups is 1. The molecular formula is C21H24F3N3O3S. The first-order valence-corrected chi connectivity index (χ1v) is 11.3. The summed E-state index contributed by atoms with van der Waals surface area (Å²) in [6, 6.07) is 10.3. The third-order valence-electron chi connectivity index (χ3n) is 5.18. The Morgan fingerprint density at radius 2 is 1.68 bits per heavy atom. The number of amides is 1. The smallest absolute Gasteiger partial charge is 0.326 e. The number of anilines is 1. The average molecular weight is 456 g/mol. The number of likely N-dealkylation sites (N-methyl/N-ethyl adjacent to an activating group) is 1. The zero-order valence-corrected chi connectivity index (χ0v) is 17.8. The SMILES string of the molecule is CCN1CCN(S(=O)(=O)c2cccc(NC(=O)Cc3ccc(C(F)(F)F)cc3)c2)CC1. The highest BCUT2D eigenvalue weighted by Crippen LogP contribution is 2.29. The van der Waals surface area contributed by atoms with E-state index in [1.807, 2.05) is 6.92 Å². The summed E-state index contributed by atoms with van der Waals surface area (Å²) in [7, 11) is -3.68. The molecule has 6 nitrogen and oxygen atoms in total. The molecule has 3 rings (SSSR count). The molecule has 0 aromatic heterocycles. The van der Waals surface area contributed by atoms with Gasteiger partial charge in [-0.2, -0.15) is 17.5 Å². The monoisotopic (exact) mass is 455 g/mol. The van der Waals surface area contributed by atoms with Crippen LogP contribution in [-0.2, 0) is 27.4 Å². The Labute approximate surface area is 179 Å². The van der Waals surface area contributed by atoms with Crippen molar-refractivity contribution < 1.29 is 26.4 Å². The zero-order valence-electron chi connectivity index (χ0n) is 17.0. The van der Waals surface area contributed by atoms with Crippen LogP contribution in [-0.4, -0.2) is 56.3 Å². The van der Waals surface area contributed by atoms with E-state index in [0.717, 1.165) is 18.7 Å². The normalized spacial score (nSPS) is 16.3. The van der Waals surface area contributed by atoms with Gasteiger partial charge in [0.1, 0.15) is 0 Å². The molecule has 10 heteroatoms. The summed E-state index contributed by atoms with van der Waals surface area (Å²) < 4.78 is 65.2. The molecule has 2 aromatic carbocycles. The van der Waals surface area contributed by atoms with Crippen molar-refractivity contribution in [3.63, 3.8) is 0 Å². The average Bonchev–Trinajstić information content (AvgIpc) is 2.73. The van der Waals surface area contributed by atoms with Gasteiger partial charge in [-0.05, 0) is 42.4 Å². The van der Waals surface area contributed by atoms with Crippen LogP contribution < -0.4 is 5.32 Å². The molecule has 0 spiro atoms. The van der Waals surface area contributed by atoms with Crippen LogP contribution in [0.3, 0.4) is 0 Å². The number of nitrogens with zero attached hydrogens (tertiary/aromatic N) is 2. The third kappa shape index (κ3) is 5.84.